The van der Waals surface area contributed by atoms with Gasteiger partial charge in [0.25, 0.3) is 9.05 Å². The molecule has 14 heavy (non-hydrogen) atoms. The zero-order valence-corrected chi connectivity index (χ0v) is 8.30. The fraction of sp³-hybridized carbons (Fsp3) is 0. The summed E-state index contributed by atoms with van der Waals surface area (Å²) in [6, 6.07) is 6.97. The van der Waals surface area contributed by atoms with E-state index in [9.17, 15) is 8.42 Å². The Balaban J connectivity index is 3.47. The van der Waals surface area contributed by atoms with Crippen LogP contribution >= 0.6 is 10.7 Å². The van der Waals surface area contributed by atoms with Crippen LogP contribution in [0.3, 0.4) is 0 Å². The minimum Gasteiger partial charge on any atom is -0.207 e. The lowest BCUT2D eigenvalue weighted by molar-refractivity contribution is 0.609. The molecule has 0 bridgehead atoms. The van der Waals surface area contributed by atoms with Gasteiger partial charge in [0.15, 0.2) is 0 Å². The van der Waals surface area contributed by atoms with Crippen molar-refractivity contribution >= 4 is 19.7 Å². The number of rotatable bonds is 1. The molecule has 0 spiro atoms. The second kappa shape index (κ2) is 3.67. The molecule has 70 valence electrons. The van der Waals surface area contributed by atoms with Gasteiger partial charge in [0.05, 0.1) is 16.0 Å². The monoisotopic (exact) mass is 226 g/mol. The second-order valence-corrected chi connectivity index (χ2v) is 4.93. The molecule has 0 aliphatic rings. The minimum atomic E-state index is -3.85. The van der Waals surface area contributed by atoms with E-state index in [1.807, 2.05) is 0 Å². The van der Waals surface area contributed by atoms with Gasteiger partial charge in [-0.3, -0.25) is 0 Å². The van der Waals surface area contributed by atoms with Crippen molar-refractivity contribution in [2.75, 3.05) is 0 Å². The summed E-state index contributed by atoms with van der Waals surface area (Å²) in [4.78, 5) is -0.185. The highest BCUT2D eigenvalue weighted by Crippen LogP contribution is 2.18. The highest BCUT2D eigenvalue weighted by Gasteiger charge is 2.12. The van der Waals surface area contributed by atoms with Crippen LogP contribution in [-0.4, -0.2) is 8.42 Å². The van der Waals surface area contributed by atoms with E-state index in [0.717, 1.165) is 6.07 Å². The van der Waals surface area contributed by atoms with Crippen LogP contribution in [0.4, 0.5) is 0 Å². The maximum atomic E-state index is 10.9. The molecule has 6 heteroatoms. The Morgan fingerprint density at radius 1 is 1.14 bits per heavy atom. The van der Waals surface area contributed by atoms with Crippen molar-refractivity contribution in [2.24, 2.45) is 0 Å². The van der Waals surface area contributed by atoms with Crippen LogP contribution in [-0.2, 0) is 9.05 Å². The van der Waals surface area contributed by atoms with Gasteiger partial charge >= 0.3 is 0 Å². The van der Waals surface area contributed by atoms with E-state index in [1.165, 1.54) is 12.1 Å². The van der Waals surface area contributed by atoms with Crippen molar-refractivity contribution < 1.29 is 8.42 Å². The molecule has 0 N–H and O–H groups in total. The molecule has 0 heterocycles. The van der Waals surface area contributed by atoms with E-state index in [-0.39, 0.29) is 16.0 Å². The third-order valence-electron chi connectivity index (χ3n) is 1.51. The quantitative estimate of drug-likeness (QED) is 0.677. The fourth-order valence-electron chi connectivity index (χ4n) is 0.865. The van der Waals surface area contributed by atoms with Crippen molar-refractivity contribution in [1.82, 2.24) is 0 Å². The van der Waals surface area contributed by atoms with Gasteiger partial charge in [0.1, 0.15) is 12.1 Å². The first-order chi connectivity index (χ1) is 6.49. The molecule has 0 saturated heterocycles. The topological polar surface area (TPSA) is 81.7 Å². The fourth-order valence-corrected chi connectivity index (χ4v) is 1.64. The predicted molar refractivity (Wildman–Crippen MR) is 48.9 cm³/mol. The summed E-state index contributed by atoms with van der Waals surface area (Å²) in [7, 11) is 1.21. The van der Waals surface area contributed by atoms with Crippen LogP contribution in [0.15, 0.2) is 23.1 Å². The largest absolute Gasteiger partial charge is 0.261 e. The maximum Gasteiger partial charge on any atom is 0.261 e. The lowest BCUT2D eigenvalue weighted by Crippen LogP contribution is -1.93. The van der Waals surface area contributed by atoms with Crippen molar-refractivity contribution in [1.29, 1.82) is 10.5 Å². The summed E-state index contributed by atoms with van der Waals surface area (Å²) in [6.07, 6.45) is 0. The molecule has 1 aromatic rings. The molecule has 1 aromatic carbocycles. The molecular weight excluding hydrogens is 224 g/mol. The SMILES string of the molecule is N#Cc1ccc(S(=O)(=O)Cl)cc1C#N. The van der Waals surface area contributed by atoms with Gasteiger partial charge in [-0.15, -0.1) is 0 Å². The minimum absolute atomic E-state index is 0.00535. The Kier molecular flexibility index (Phi) is 2.76. The summed E-state index contributed by atoms with van der Waals surface area (Å²) >= 11 is 0. The van der Waals surface area contributed by atoms with Crippen LogP contribution < -0.4 is 0 Å². The number of halogens is 1. The highest BCUT2D eigenvalue weighted by molar-refractivity contribution is 8.13. The first-order valence-corrected chi connectivity index (χ1v) is 5.69. The molecule has 0 radical (unpaired) electrons. The van der Waals surface area contributed by atoms with Gasteiger partial charge < -0.3 is 0 Å². The van der Waals surface area contributed by atoms with Crippen LogP contribution in [0.25, 0.3) is 0 Å². The van der Waals surface area contributed by atoms with Gasteiger partial charge in [-0.1, -0.05) is 0 Å². The molecule has 0 atom stereocenters. The van der Waals surface area contributed by atoms with Crippen molar-refractivity contribution in [3.8, 4) is 12.1 Å². The average Bonchev–Trinajstić information content (AvgIpc) is 2.15. The van der Waals surface area contributed by atoms with Crippen LogP contribution in [0.2, 0.25) is 0 Å². The molecule has 0 aliphatic heterocycles. The maximum absolute atomic E-state index is 10.9. The van der Waals surface area contributed by atoms with Crippen LogP contribution in [0.5, 0.6) is 0 Å². The number of hydrogen-bond donors (Lipinski definition) is 0. The average molecular weight is 227 g/mol. The lowest BCUT2D eigenvalue weighted by Gasteiger charge is -1.97. The van der Waals surface area contributed by atoms with Crippen molar-refractivity contribution in [3.05, 3.63) is 29.3 Å². The Morgan fingerprint density at radius 2 is 1.71 bits per heavy atom. The lowest BCUT2D eigenvalue weighted by atomic mass is 10.1. The van der Waals surface area contributed by atoms with E-state index in [0.29, 0.717) is 0 Å². The van der Waals surface area contributed by atoms with E-state index >= 15 is 0 Å². The van der Waals surface area contributed by atoms with E-state index in [2.05, 4.69) is 0 Å². The zero-order chi connectivity index (χ0) is 10.8. The smallest absolute Gasteiger partial charge is 0.207 e. The molecule has 0 amide bonds. The van der Waals surface area contributed by atoms with Gasteiger partial charge in [0.2, 0.25) is 0 Å². The van der Waals surface area contributed by atoms with Gasteiger partial charge in [0, 0.05) is 10.7 Å². The standard InChI is InChI=1S/C8H3ClN2O2S/c9-14(12,13)8-2-1-6(4-10)7(3-8)5-11/h1-3H. The summed E-state index contributed by atoms with van der Waals surface area (Å²) in [5.74, 6) is 0. The second-order valence-electron chi connectivity index (χ2n) is 2.37. The van der Waals surface area contributed by atoms with Crippen molar-refractivity contribution in [2.45, 2.75) is 4.90 Å². The number of nitrogens with zero attached hydrogens (tertiary/aromatic N) is 2. The molecule has 0 saturated carbocycles. The third-order valence-corrected chi connectivity index (χ3v) is 2.87. The Morgan fingerprint density at radius 3 is 2.14 bits per heavy atom. The van der Waals surface area contributed by atoms with E-state index in [1.54, 1.807) is 12.1 Å². The molecule has 1 rings (SSSR count). The zero-order valence-electron chi connectivity index (χ0n) is 6.73. The molecule has 0 fully saturated rings. The molecular formula is C8H3ClN2O2S. The first kappa shape index (κ1) is 10.5. The van der Waals surface area contributed by atoms with Crippen LogP contribution in [0, 0.1) is 22.7 Å². The summed E-state index contributed by atoms with van der Waals surface area (Å²) in [5, 5.41) is 17.2. The van der Waals surface area contributed by atoms with Crippen molar-refractivity contribution in [3.63, 3.8) is 0 Å². The highest BCUT2D eigenvalue weighted by atomic mass is 35.7. The summed E-state index contributed by atoms with van der Waals surface area (Å²) in [6.45, 7) is 0. The molecule has 0 unspecified atom stereocenters. The first-order valence-electron chi connectivity index (χ1n) is 3.38. The summed E-state index contributed by atoms with van der Waals surface area (Å²) in [5.41, 5.74) is 0.116. The molecule has 4 nitrogen and oxygen atoms in total. The van der Waals surface area contributed by atoms with E-state index in [4.69, 9.17) is 21.2 Å². The summed E-state index contributed by atoms with van der Waals surface area (Å²) < 4.78 is 21.7. The Hall–Kier alpha value is -1.56. The van der Waals surface area contributed by atoms with Gasteiger partial charge in [-0.25, -0.2) is 8.42 Å². The normalized spacial score (nSPS) is 10.2. The third kappa shape index (κ3) is 2.02. The van der Waals surface area contributed by atoms with E-state index < -0.39 is 9.05 Å². The Labute approximate surface area is 85.4 Å². The Bertz CT molecular complexity index is 552. The molecule has 0 aromatic heterocycles. The van der Waals surface area contributed by atoms with Gasteiger partial charge in [-0.2, -0.15) is 10.5 Å². The molecule has 0 aliphatic carbocycles. The van der Waals surface area contributed by atoms with Crippen LogP contribution in [0.1, 0.15) is 11.1 Å². The number of hydrogen-bond acceptors (Lipinski definition) is 4. The number of nitriles is 2. The van der Waals surface area contributed by atoms with Gasteiger partial charge in [-0.05, 0) is 18.2 Å². The number of benzene rings is 1. The predicted octanol–water partition coefficient (Wildman–Crippen LogP) is 1.36.